The zero-order chi connectivity index (χ0) is 19.9. The lowest BCUT2D eigenvalue weighted by Gasteiger charge is -2.23. The van der Waals surface area contributed by atoms with Crippen LogP contribution in [0.15, 0.2) is 42.5 Å². The molecule has 0 saturated carbocycles. The number of carbonyl (C=O) groups is 2. The molecule has 1 heterocycles. The van der Waals surface area contributed by atoms with E-state index < -0.39 is 0 Å². The van der Waals surface area contributed by atoms with Crippen molar-refractivity contribution in [2.75, 3.05) is 45.7 Å². The summed E-state index contributed by atoms with van der Waals surface area (Å²) in [5, 5.41) is 6.14. The van der Waals surface area contributed by atoms with E-state index in [0.29, 0.717) is 41.4 Å². The first kappa shape index (κ1) is 19.7. The fourth-order valence-corrected chi connectivity index (χ4v) is 3.16. The molecule has 1 saturated heterocycles. The predicted octanol–water partition coefficient (Wildman–Crippen LogP) is 2.39. The summed E-state index contributed by atoms with van der Waals surface area (Å²) in [7, 11) is 3.03. The Morgan fingerprint density at radius 2 is 1.71 bits per heavy atom. The number of nitrogens with one attached hydrogen (secondary N) is 2. The Morgan fingerprint density at radius 1 is 1.00 bits per heavy atom. The molecule has 0 unspecified atom stereocenters. The number of nitrogens with zero attached hydrogens (tertiary/aromatic N) is 1. The second-order valence-corrected chi connectivity index (χ2v) is 6.47. The van der Waals surface area contributed by atoms with Gasteiger partial charge in [0, 0.05) is 31.3 Å². The molecule has 28 heavy (non-hydrogen) atoms. The number of ether oxygens (including phenoxy) is 2. The van der Waals surface area contributed by atoms with Gasteiger partial charge in [-0.25, -0.2) is 0 Å². The van der Waals surface area contributed by atoms with Gasteiger partial charge >= 0.3 is 0 Å². The molecular formula is C21H25N3O4. The van der Waals surface area contributed by atoms with Crippen LogP contribution < -0.4 is 20.1 Å². The molecule has 3 rings (SSSR count). The number of carbonyl (C=O) groups excluding carboxylic acids is 2. The third-order valence-corrected chi connectivity index (χ3v) is 4.67. The van der Waals surface area contributed by atoms with Crippen molar-refractivity contribution < 1.29 is 19.1 Å². The largest absolute Gasteiger partial charge is 0.493 e. The standard InChI is InChI=1S/C21H25N3O4/c1-27-18-13-16(21(26)24-11-6-9-22-10-12-24)17(14-19(18)28-2)23-20(25)15-7-4-3-5-8-15/h3-5,7-8,13-14,22H,6,9-12H2,1-2H3,(H,23,25). The molecule has 148 valence electrons. The summed E-state index contributed by atoms with van der Waals surface area (Å²) < 4.78 is 10.7. The number of hydrogen-bond acceptors (Lipinski definition) is 5. The van der Waals surface area contributed by atoms with Gasteiger partial charge in [0.15, 0.2) is 11.5 Å². The minimum Gasteiger partial charge on any atom is -0.493 e. The van der Waals surface area contributed by atoms with Gasteiger partial charge in [-0.1, -0.05) is 18.2 Å². The summed E-state index contributed by atoms with van der Waals surface area (Å²) in [4.78, 5) is 27.7. The lowest BCUT2D eigenvalue weighted by Crippen LogP contribution is -2.34. The van der Waals surface area contributed by atoms with Gasteiger partial charge in [0.05, 0.1) is 25.5 Å². The van der Waals surface area contributed by atoms with Gasteiger partial charge in [0.25, 0.3) is 11.8 Å². The highest BCUT2D eigenvalue weighted by Gasteiger charge is 2.24. The van der Waals surface area contributed by atoms with Crippen LogP contribution >= 0.6 is 0 Å². The molecular weight excluding hydrogens is 358 g/mol. The van der Waals surface area contributed by atoms with Gasteiger partial charge in [0.1, 0.15) is 0 Å². The molecule has 0 bridgehead atoms. The summed E-state index contributed by atoms with van der Waals surface area (Å²) in [5.41, 5.74) is 1.28. The maximum Gasteiger partial charge on any atom is 0.256 e. The van der Waals surface area contributed by atoms with Crippen molar-refractivity contribution in [3.63, 3.8) is 0 Å². The molecule has 7 heteroatoms. The smallest absolute Gasteiger partial charge is 0.256 e. The first-order valence-corrected chi connectivity index (χ1v) is 9.26. The van der Waals surface area contributed by atoms with E-state index in [-0.39, 0.29) is 11.8 Å². The molecule has 0 atom stereocenters. The van der Waals surface area contributed by atoms with Gasteiger partial charge in [-0.05, 0) is 31.2 Å². The zero-order valence-corrected chi connectivity index (χ0v) is 16.2. The monoisotopic (exact) mass is 383 g/mol. The second-order valence-electron chi connectivity index (χ2n) is 6.47. The van der Waals surface area contributed by atoms with E-state index in [0.717, 1.165) is 19.5 Å². The number of benzene rings is 2. The highest BCUT2D eigenvalue weighted by atomic mass is 16.5. The number of methoxy groups -OCH3 is 2. The van der Waals surface area contributed by atoms with Gasteiger partial charge in [0.2, 0.25) is 0 Å². The van der Waals surface area contributed by atoms with E-state index >= 15 is 0 Å². The summed E-state index contributed by atoms with van der Waals surface area (Å²) in [6.07, 6.45) is 0.880. The Bertz CT molecular complexity index is 831. The molecule has 0 spiro atoms. The lowest BCUT2D eigenvalue weighted by molar-refractivity contribution is 0.0767. The van der Waals surface area contributed by atoms with E-state index in [4.69, 9.17) is 9.47 Å². The van der Waals surface area contributed by atoms with Crippen molar-refractivity contribution in [1.82, 2.24) is 10.2 Å². The van der Waals surface area contributed by atoms with E-state index in [1.54, 1.807) is 41.3 Å². The maximum atomic E-state index is 13.2. The highest BCUT2D eigenvalue weighted by molar-refractivity contribution is 6.09. The number of amides is 2. The third kappa shape index (κ3) is 4.43. The molecule has 0 aromatic heterocycles. The normalized spacial score (nSPS) is 14.1. The molecule has 2 aromatic rings. The lowest BCUT2D eigenvalue weighted by atomic mass is 10.1. The summed E-state index contributed by atoms with van der Waals surface area (Å²) >= 11 is 0. The molecule has 1 aliphatic heterocycles. The fourth-order valence-electron chi connectivity index (χ4n) is 3.16. The molecule has 0 aliphatic carbocycles. The van der Waals surface area contributed by atoms with Crippen molar-refractivity contribution in [1.29, 1.82) is 0 Å². The molecule has 2 aromatic carbocycles. The maximum absolute atomic E-state index is 13.2. The second kappa shape index (κ2) is 9.23. The van der Waals surface area contributed by atoms with Crippen LogP contribution in [0.25, 0.3) is 0 Å². The van der Waals surface area contributed by atoms with Crippen molar-refractivity contribution in [2.24, 2.45) is 0 Å². The summed E-state index contributed by atoms with van der Waals surface area (Å²) in [5.74, 6) is 0.448. The van der Waals surface area contributed by atoms with E-state index in [1.807, 2.05) is 6.07 Å². The zero-order valence-electron chi connectivity index (χ0n) is 16.2. The Morgan fingerprint density at radius 3 is 2.43 bits per heavy atom. The number of anilines is 1. The first-order chi connectivity index (χ1) is 13.6. The van der Waals surface area contributed by atoms with E-state index in [2.05, 4.69) is 10.6 Å². The average molecular weight is 383 g/mol. The highest BCUT2D eigenvalue weighted by Crippen LogP contribution is 2.34. The Balaban J connectivity index is 1.96. The summed E-state index contributed by atoms with van der Waals surface area (Å²) in [6.45, 7) is 2.89. The van der Waals surface area contributed by atoms with Gasteiger partial charge in [-0.3, -0.25) is 9.59 Å². The van der Waals surface area contributed by atoms with Crippen LogP contribution in [0, 0.1) is 0 Å². The summed E-state index contributed by atoms with van der Waals surface area (Å²) in [6, 6.07) is 12.1. The van der Waals surface area contributed by atoms with Crippen molar-refractivity contribution in [3.05, 3.63) is 53.6 Å². The average Bonchev–Trinajstić information content (AvgIpc) is 3.03. The van der Waals surface area contributed by atoms with Crippen molar-refractivity contribution in [2.45, 2.75) is 6.42 Å². The molecule has 7 nitrogen and oxygen atoms in total. The molecule has 1 fully saturated rings. The topological polar surface area (TPSA) is 79.9 Å². The number of hydrogen-bond donors (Lipinski definition) is 2. The molecule has 1 aliphatic rings. The van der Waals surface area contributed by atoms with Gasteiger partial charge < -0.3 is 25.0 Å². The van der Waals surface area contributed by atoms with Crippen molar-refractivity contribution >= 4 is 17.5 Å². The molecule has 2 amide bonds. The SMILES string of the molecule is COc1cc(NC(=O)c2ccccc2)c(C(=O)N2CCCNCC2)cc1OC. The van der Waals surface area contributed by atoms with Crippen LogP contribution in [0.3, 0.4) is 0 Å². The van der Waals surface area contributed by atoms with Crippen LogP contribution in [0.5, 0.6) is 11.5 Å². The quantitative estimate of drug-likeness (QED) is 0.829. The Labute approximate surface area is 164 Å². The minimum atomic E-state index is -0.292. The van der Waals surface area contributed by atoms with Gasteiger partial charge in [-0.2, -0.15) is 0 Å². The molecule has 0 radical (unpaired) electrons. The van der Waals surface area contributed by atoms with Crippen LogP contribution in [0.2, 0.25) is 0 Å². The number of rotatable bonds is 5. The Hall–Kier alpha value is -3.06. The first-order valence-electron chi connectivity index (χ1n) is 9.26. The van der Waals surface area contributed by atoms with Crippen LogP contribution in [-0.4, -0.2) is 57.1 Å². The van der Waals surface area contributed by atoms with E-state index in [1.165, 1.54) is 14.2 Å². The van der Waals surface area contributed by atoms with Crippen LogP contribution in [0.4, 0.5) is 5.69 Å². The third-order valence-electron chi connectivity index (χ3n) is 4.67. The fraction of sp³-hybridized carbons (Fsp3) is 0.333. The van der Waals surface area contributed by atoms with Crippen LogP contribution in [-0.2, 0) is 0 Å². The van der Waals surface area contributed by atoms with Gasteiger partial charge in [-0.15, -0.1) is 0 Å². The Kier molecular flexibility index (Phi) is 6.49. The molecule has 2 N–H and O–H groups in total. The minimum absolute atomic E-state index is 0.145. The predicted molar refractivity (Wildman–Crippen MR) is 107 cm³/mol. The van der Waals surface area contributed by atoms with Crippen LogP contribution in [0.1, 0.15) is 27.1 Å². The van der Waals surface area contributed by atoms with E-state index in [9.17, 15) is 9.59 Å². The van der Waals surface area contributed by atoms with Crippen molar-refractivity contribution in [3.8, 4) is 11.5 Å².